The molecule has 2 rings (SSSR count). The van der Waals surface area contributed by atoms with Gasteiger partial charge in [0.15, 0.2) is 0 Å². The minimum atomic E-state index is 0.267. The van der Waals surface area contributed by atoms with Crippen molar-refractivity contribution in [1.82, 2.24) is 5.32 Å². The molecule has 0 bridgehead atoms. The summed E-state index contributed by atoms with van der Waals surface area (Å²) in [7, 11) is 1.95. The lowest BCUT2D eigenvalue weighted by molar-refractivity contribution is 0.652. The predicted octanol–water partition coefficient (Wildman–Crippen LogP) is 5.24. The Morgan fingerprint density at radius 2 is 1.85 bits per heavy atom. The third kappa shape index (κ3) is 3.41. The summed E-state index contributed by atoms with van der Waals surface area (Å²) in [5, 5.41) is 4.05. The fourth-order valence-corrected chi connectivity index (χ4v) is 2.75. The molecule has 1 N–H and O–H groups in total. The summed E-state index contributed by atoms with van der Waals surface area (Å²) in [4.78, 5) is 0. The molecule has 106 valence electrons. The molecule has 0 radical (unpaired) electrons. The summed E-state index contributed by atoms with van der Waals surface area (Å²) < 4.78 is 0. The standard InChI is InChI=1S/C18H22ClN/c1-4-6-14-7-5-8-15(11-14)16-9-10-17(13(2)20-3)18(19)12-16/h5,7-13,20H,4,6H2,1-3H3. The fraction of sp³-hybridized carbons (Fsp3) is 0.333. The van der Waals surface area contributed by atoms with Crippen molar-refractivity contribution < 1.29 is 0 Å². The zero-order valence-electron chi connectivity index (χ0n) is 12.4. The van der Waals surface area contributed by atoms with Gasteiger partial charge in [-0.1, -0.05) is 61.3 Å². The molecule has 0 aromatic heterocycles. The molecule has 0 amide bonds. The summed E-state index contributed by atoms with van der Waals surface area (Å²) >= 11 is 6.41. The summed E-state index contributed by atoms with van der Waals surface area (Å²) in [6.07, 6.45) is 2.29. The Hall–Kier alpha value is -1.31. The van der Waals surface area contributed by atoms with Gasteiger partial charge in [-0.15, -0.1) is 0 Å². The van der Waals surface area contributed by atoms with Gasteiger partial charge in [0.25, 0.3) is 0 Å². The first-order chi connectivity index (χ1) is 9.65. The highest BCUT2D eigenvalue weighted by Gasteiger charge is 2.09. The van der Waals surface area contributed by atoms with Crippen LogP contribution in [0.2, 0.25) is 5.02 Å². The summed E-state index contributed by atoms with van der Waals surface area (Å²) in [6.45, 7) is 4.32. The minimum Gasteiger partial charge on any atom is -0.313 e. The van der Waals surface area contributed by atoms with E-state index in [9.17, 15) is 0 Å². The van der Waals surface area contributed by atoms with E-state index in [4.69, 9.17) is 11.6 Å². The van der Waals surface area contributed by atoms with Crippen LogP contribution in [0.4, 0.5) is 0 Å². The molecule has 20 heavy (non-hydrogen) atoms. The molecule has 0 aliphatic rings. The highest BCUT2D eigenvalue weighted by Crippen LogP contribution is 2.29. The van der Waals surface area contributed by atoms with E-state index >= 15 is 0 Å². The van der Waals surface area contributed by atoms with Crippen molar-refractivity contribution in [3.8, 4) is 11.1 Å². The Labute approximate surface area is 127 Å². The van der Waals surface area contributed by atoms with Crippen molar-refractivity contribution in [2.24, 2.45) is 0 Å². The van der Waals surface area contributed by atoms with Crippen LogP contribution in [-0.2, 0) is 6.42 Å². The lowest BCUT2D eigenvalue weighted by Gasteiger charge is -2.14. The maximum absolute atomic E-state index is 6.41. The average Bonchev–Trinajstić information content (AvgIpc) is 2.47. The molecule has 0 aliphatic carbocycles. The van der Waals surface area contributed by atoms with Gasteiger partial charge in [0.2, 0.25) is 0 Å². The van der Waals surface area contributed by atoms with E-state index in [-0.39, 0.29) is 6.04 Å². The van der Waals surface area contributed by atoms with Gasteiger partial charge in [-0.05, 0) is 48.7 Å². The van der Waals surface area contributed by atoms with Crippen LogP contribution in [0.1, 0.15) is 37.4 Å². The quantitative estimate of drug-likeness (QED) is 0.793. The Balaban J connectivity index is 2.34. The largest absolute Gasteiger partial charge is 0.313 e. The number of aryl methyl sites for hydroxylation is 1. The maximum atomic E-state index is 6.41. The van der Waals surface area contributed by atoms with Crippen molar-refractivity contribution >= 4 is 11.6 Å². The van der Waals surface area contributed by atoms with Crippen LogP contribution < -0.4 is 5.32 Å². The van der Waals surface area contributed by atoms with Crippen LogP contribution in [0.25, 0.3) is 11.1 Å². The van der Waals surface area contributed by atoms with Gasteiger partial charge in [0.05, 0.1) is 0 Å². The van der Waals surface area contributed by atoms with Crippen molar-refractivity contribution in [1.29, 1.82) is 0 Å². The lowest BCUT2D eigenvalue weighted by atomic mass is 9.99. The van der Waals surface area contributed by atoms with Gasteiger partial charge in [-0.3, -0.25) is 0 Å². The maximum Gasteiger partial charge on any atom is 0.0459 e. The molecule has 2 heteroatoms. The molecule has 0 heterocycles. The number of hydrogen-bond donors (Lipinski definition) is 1. The van der Waals surface area contributed by atoms with Crippen LogP contribution in [0, 0.1) is 0 Å². The molecular weight excluding hydrogens is 266 g/mol. The van der Waals surface area contributed by atoms with Crippen molar-refractivity contribution in [3.05, 3.63) is 58.6 Å². The van der Waals surface area contributed by atoms with Crippen molar-refractivity contribution in [2.45, 2.75) is 32.7 Å². The second kappa shape index (κ2) is 6.92. The molecule has 1 nitrogen and oxygen atoms in total. The Bertz CT molecular complexity index is 577. The highest BCUT2D eigenvalue weighted by atomic mass is 35.5. The van der Waals surface area contributed by atoms with E-state index in [2.05, 4.69) is 61.6 Å². The summed E-state index contributed by atoms with van der Waals surface area (Å²) in [5.41, 5.74) is 4.94. The van der Waals surface area contributed by atoms with Crippen molar-refractivity contribution in [3.63, 3.8) is 0 Å². The van der Waals surface area contributed by atoms with Crippen LogP contribution in [0.5, 0.6) is 0 Å². The molecular formula is C18H22ClN. The summed E-state index contributed by atoms with van der Waals surface area (Å²) in [6, 6.07) is 15.3. The number of nitrogens with one attached hydrogen (secondary N) is 1. The van der Waals surface area contributed by atoms with E-state index in [1.54, 1.807) is 0 Å². The molecule has 1 unspecified atom stereocenters. The van der Waals surface area contributed by atoms with Crippen LogP contribution in [0.3, 0.4) is 0 Å². The average molecular weight is 288 g/mol. The predicted molar refractivity (Wildman–Crippen MR) is 88.4 cm³/mol. The highest BCUT2D eigenvalue weighted by molar-refractivity contribution is 6.31. The number of rotatable bonds is 5. The van der Waals surface area contributed by atoms with Crippen LogP contribution in [-0.4, -0.2) is 7.05 Å². The normalized spacial score (nSPS) is 12.4. The molecule has 2 aromatic rings. The van der Waals surface area contributed by atoms with Gasteiger partial charge in [0, 0.05) is 11.1 Å². The van der Waals surface area contributed by atoms with Crippen molar-refractivity contribution in [2.75, 3.05) is 7.05 Å². The smallest absolute Gasteiger partial charge is 0.0459 e. The Morgan fingerprint density at radius 1 is 1.10 bits per heavy atom. The van der Waals surface area contributed by atoms with E-state index in [0.29, 0.717) is 0 Å². The molecule has 0 fully saturated rings. The third-order valence-corrected chi connectivity index (χ3v) is 4.03. The molecule has 0 spiro atoms. The Kier molecular flexibility index (Phi) is 5.22. The SMILES string of the molecule is CCCc1cccc(-c2ccc(C(C)NC)c(Cl)c2)c1. The van der Waals surface area contributed by atoms with Gasteiger partial charge in [0.1, 0.15) is 0 Å². The van der Waals surface area contributed by atoms with Crippen LogP contribution in [0.15, 0.2) is 42.5 Å². The van der Waals surface area contributed by atoms with Gasteiger partial charge >= 0.3 is 0 Å². The second-order valence-electron chi connectivity index (χ2n) is 5.20. The first-order valence-electron chi connectivity index (χ1n) is 7.21. The van der Waals surface area contributed by atoms with Crippen LogP contribution >= 0.6 is 11.6 Å². The minimum absolute atomic E-state index is 0.267. The molecule has 1 atom stereocenters. The topological polar surface area (TPSA) is 12.0 Å². The molecule has 0 saturated heterocycles. The van der Waals surface area contributed by atoms with Gasteiger partial charge in [-0.2, -0.15) is 0 Å². The first-order valence-corrected chi connectivity index (χ1v) is 7.59. The fourth-order valence-electron chi connectivity index (χ4n) is 2.41. The molecule has 0 aliphatic heterocycles. The monoisotopic (exact) mass is 287 g/mol. The zero-order valence-corrected chi connectivity index (χ0v) is 13.2. The van der Waals surface area contributed by atoms with E-state index in [0.717, 1.165) is 17.0 Å². The number of benzene rings is 2. The second-order valence-corrected chi connectivity index (χ2v) is 5.60. The van der Waals surface area contributed by atoms with Gasteiger partial charge in [-0.25, -0.2) is 0 Å². The Morgan fingerprint density at radius 3 is 2.50 bits per heavy atom. The number of halogens is 1. The number of hydrogen-bond acceptors (Lipinski definition) is 1. The third-order valence-electron chi connectivity index (χ3n) is 3.70. The molecule has 2 aromatic carbocycles. The van der Waals surface area contributed by atoms with Gasteiger partial charge < -0.3 is 5.32 Å². The first kappa shape index (κ1) is 15.1. The lowest BCUT2D eigenvalue weighted by Crippen LogP contribution is -2.12. The van der Waals surface area contributed by atoms with E-state index in [1.165, 1.54) is 23.1 Å². The zero-order chi connectivity index (χ0) is 14.5. The van der Waals surface area contributed by atoms with E-state index < -0.39 is 0 Å². The van der Waals surface area contributed by atoms with E-state index in [1.807, 2.05) is 7.05 Å². The molecule has 0 saturated carbocycles. The summed E-state index contributed by atoms with van der Waals surface area (Å²) in [5.74, 6) is 0.